The highest BCUT2D eigenvalue weighted by atomic mass is 79.9. The smallest absolute Gasteiger partial charge is 0.241 e. The van der Waals surface area contributed by atoms with Crippen LogP contribution in [0.4, 0.5) is 0 Å². The lowest BCUT2D eigenvalue weighted by atomic mass is 10.2. The number of rotatable bonds is 4. The van der Waals surface area contributed by atoms with Gasteiger partial charge in [0.2, 0.25) is 5.91 Å². The topological polar surface area (TPSA) is 47.9 Å². The van der Waals surface area contributed by atoms with Gasteiger partial charge in [-0.3, -0.25) is 4.79 Å². The van der Waals surface area contributed by atoms with Gasteiger partial charge in [0.25, 0.3) is 0 Å². The summed E-state index contributed by atoms with van der Waals surface area (Å²) in [5.74, 6) is 0.881. The number of nitrogens with one attached hydrogen (secondary N) is 1. The van der Waals surface area contributed by atoms with E-state index in [4.69, 9.17) is 0 Å². The molecule has 0 saturated carbocycles. The number of nitrogens with zero attached hydrogens (tertiary/aromatic N) is 3. The zero-order valence-corrected chi connectivity index (χ0v) is 14.8. The average molecular weight is 367 g/mol. The van der Waals surface area contributed by atoms with Gasteiger partial charge in [0.05, 0.1) is 13.1 Å². The zero-order valence-electron chi connectivity index (χ0n) is 13.2. The lowest BCUT2D eigenvalue weighted by Crippen LogP contribution is -2.44. The second-order valence-corrected chi connectivity index (χ2v) is 6.52. The Morgan fingerprint density at radius 3 is 2.50 bits per heavy atom. The molecule has 1 amide bonds. The van der Waals surface area contributed by atoms with E-state index in [1.165, 1.54) is 12.8 Å². The van der Waals surface area contributed by atoms with Crippen LogP contribution >= 0.6 is 15.9 Å². The number of guanidine groups is 1. The van der Waals surface area contributed by atoms with Crippen LogP contribution < -0.4 is 5.32 Å². The highest BCUT2D eigenvalue weighted by Gasteiger charge is 2.17. The van der Waals surface area contributed by atoms with Gasteiger partial charge in [0.1, 0.15) is 0 Å². The van der Waals surface area contributed by atoms with Crippen LogP contribution in [0.2, 0.25) is 0 Å². The van der Waals surface area contributed by atoms with Crippen molar-refractivity contribution in [2.45, 2.75) is 19.4 Å². The zero-order chi connectivity index (χ0) is 15.9. The lowest BCUT2D eigenvalue weighted by molar-refractivity contribution is -0.127. The maximum atomic E-state index is 11.8. The van der Waals surface area contributed by atoms with Crippen LogP contribution in [0.25, 0.3) is 0 Å². The first kappa shape index (κ1) is 16.8. The summed E-state index contributed by atoms with van der Waals surface area (Å²) in [6, 6.07) is 8.15. The number of aliphatic imine (C=N–C) groups is 1. The van der Waals surface area contributed by atoms with E-state index in [0.717, 1.165) is 29.1 Å². The molecule has 0 radical (unpaired) electrons. The number of benzene rings is 1. The summed E-state index contributed by atoms with van der Waals surface area (Å²) in [5, 5.41) is 3.20. The number of amides is 1. The standard InChI is InChI=1S/C16H23BrN4O/c1-20(2)15(22)12-19-16(21-9-3-4-10-21)18-11-13-5-7-14(17)8-6-13/h5-8H,3-4,9-12H2,1-2H3,(H,18,19). The van der Waals surface area contributed by atoms with Crippen LogP contribution in [0.3, 0.4) is 0 Å². The molecule has 1 N–H and O–H groups in total. The van der Waals surface area contributed by atoms with Gasteiger partial charge in [-0.25, -0.2) is 4.99 Å². The van der Waals surface area contributed by atoms with Gasteiger partial charge in [-0.15, -0.1) is 0 Å². The molecular weight excluding hydrogens is 344 g/mol. The second kappa shape index (κ2) is 8.17. The van der Waals surface area contributed by atoms with Crippen LogP contribution in [-0.2, 0) is 11.3 Å². The van der Waals surface area contributed by atoms with Crippen LogP contribution in [0.1, 0.15) is 18.4 Å². The molecule has 1 fully saturated rings. The highest BCUT2D eigenvalue weighted by Crippen LogP contribution is 2.12. The predicted octanol–water partition coefficient (Wildman–Crippen LogP) is 2.08. The maximum Gasteiger partial charge on any atom is 0.241 e. The molecule has 1 aliphatic rings. The number of carbonyl (C=O) groups excluding carboxylic acids is 1. The van der Waals surface area contributed by atoms with Crippen molar-refractivity contribution in [3.8, 4) is 0 Å². The van der Waals surface area contributed by atoms with E-state index in [0.29, 0.717) is 6.54 Å². The van der Waals surface area contributed by atoms with Crippen LogP contribution in [0, 0.1) is 0 Å². The molecule has 1 aromatic carbocycles. The Morgan fingerprint density at radius 1 is 1.27 bits per heavy atom. The van der Waals surface area contributed by atoms with Gasteiger partial charge in [-0.05, 0) is 30.5 Å². The number of hydrogen-bond acceptors (Lipinski definition) is 2. The van der Waals surface area contributed by atoms with Gasteiger partial charge in [0, 0.05) is 31.7 Å². The largest absolute Gasteiger partial charge is 0.347 e. The van der Waals surface area contributed by atoms with E-state index in [9.17, 15) is 4.79 Å². The molecule has 1 aliphatic heterocycles. The van der Waals surface area contributed by atoms with Gasteiger partial charge in [0.15, 0.2) is 5.96 Å². The first-order chi connectivity index (χ1) is 10.6. The summed E-state index contributed by atoms with van der Waals surface area (Å²) in [7, 11) is 3.52. The van der Waals surface area contributed by atoms with Crippen molar-refractivity contribution in [2.24, 2.45) is 4.99 Å². The lowest BCUT2D eigenvalue weighted by Gasteiger charge is -2.22. The van der Waals surface area contributed by atoms with E-state index < -0.39 is 0 Å². The van der Waals surface area contributed by atoms with E-state index in [-0.39, 0.29) is 12.5 Å². The Morgan fingerprint density at radius 2 is 1.91 bits per heavy atom. The van der Waals surface area contributed by atoms with Gasteiger partial charge in [-0.2, -0.15) is 0 Å². The Bertz CT molecular complexity index is 521. The molecule has 0 bridgehead atoms. The third kappa shape index (κ3) is 5.02. The molecule has 0 spiro atoms. The third-order valence-electron chi connectivity index (χ3n) is 3.63. The van der Waals surface area contributed by atoms with Crippen molar-refractivity contribution in [3.05, 3.63) is 34.3 Å². The van der Waals surface area contributed by atoms with Crippen molar-refractivity contribution in [1.82, 2.24) is 15.1 Å². The molecule has 1 saturated heterocycles. The molecule has 2 rings (SSSR count). The third-order valence-corrected chi connectivity index (χ3v) is 4.16. The summed E-state index contributed by atoms with van der Waals surface area (Å²) in [6.45, 7) is 2.90. The van der Waals surface area contributed by atoms with Crippen LogP contribution in [0.5, 0.6) is 0 Å². The fraction of sp³-hybridized carbons (Fsp3) is 0.500. The molecule has 0 aromatic heterocycles. The number of hydrogen-bond donors (Lipinski definition) is 1. The van der Waals surface area contributed by atoms with Gasteiger partial charge in [-0.1, -0.05) is 28.1 Å². The second-order valence-electron chi connectivity index (χ2n) is 5.60. The predicted molar refractivity (Wildman–Crippen MR) is 92.8 cm³/mol. The van der Waals surface area contributed by atoms with Crippen LogP contribution in [0.15, 0.2) is 33.7 Å². The first-order valence-corrected chi connectivity index (χ1v) is 8.33. The Kier molecular flexibility index (Phi) is 6.24. The minimum absolute atomic E-state index is 0.0514. The SMILES string of the molecule is CN(C)C(=O)CNC(=NCc1ccc(Br)cc1)N1CCCC1. The van der Waals surface area contributed by atoms with Crippen molar-refractivity contribution in [3.63, 3.8) is 0 Å². The van der Waals surface area contributed by atoms with E-state index in [1.54, 1.807) is 19.0 Å². The quantitative estimate of drug-likeness (QED) is 0.655. The highest BCUT2D eigenvalue weighted by molar-refractivity contribution is 9.10. The van der Waals surface area contributed by atoms with Crippen molar-refractivity contribution >= 4 is 27.8 Å². The molecular formula is C16H23BrN4O. The molecule has 5 nitrogen and oxygen atoms in total. The molecule has 1 aromatic rings. The fourth-order valence-corrected chi connectivity index (χ4v) is 2.53. The summed E-state index contributed by atoms with van der Waals surface area (Å²) >= 11 is 3.44. The van der Waals surface area contributed by atoms with E-state index in [1.807, 2.05) is 12.1 Å². The van der Waals surface area contributed by atoms with Crippen LogP contribution in [-0.4, -0.2) is 55.4 Å². The van der Waals surface area contributed by atoms with Crippen molar-refractivity contribution in [2.75, 3.05) is 33.7 Å². The Hall–Kier alpha value is -1.56. The summed E-state index contributed by atoms with van der Waals surface area (Å²) < 4.78 is 1.06. The van der Waals surface area contributed by atoms with Gasteiger partial charge >= 0.3 is 0 Å². The fourth-order valence-electron chi connectivity index (χ4n) is 2.27. The molecule has 22 heavy (non-hydrogen) atoms. The van der Waals surface area contributed by atoms with Gasteiger partial charge < -0.3 is 15.1 Å². The molecule has 120 valence electrons. The van der Waals surface area contributed by atoms with E-state index >= 15 is 0 Å². The average Bonchev–Trinajstić information content (AvgIpc) is 3.02. The van der Waals surface area contributed by atoms with Crippen molar-refractivity contribution < 1.29 is 4.79 Å². The monoisotopic (exact) mass is 366 g/mol. The number of likely N-dealkylation sites (tertiary alicyclic amines) is 1. The van der Waals surface area contributed by atoms with Crippen molar-refractivity contribution in [1.29, 1.82) is 0 Å². The molecule has 6 heteroatoms. The molecule has 1 heterocycles. The minimum Gasteiger partial charge on any atom is -0.347 e. The Labute approximate surface area is 140 Å². The number of likely N-dealkylation sites (N-methyl/N-ethyl adjacent to an activating group) is 1. The number of carbonyl (C=O) groups is 1. The molecule has 0 atom stereocenters. The van der Waals surface area contributed by atoms with E-state index in [2.05, 4.69) is 43.3 Å². The molecule has 0 aliphatic carbocycles. The summed E-state index contributed by atoms with van der Waals surface area (Å²) in [5.41, 5.74) is 1.15. The number of halogens is 1. The normalized spacial score (nSPS) is 15.0. The summed E-state index contributed by atoms with van der Waals surface area (Å²) in [6.07, 6.45) is 2.36. The Balaban J connectivity index is 2.01. The first-order valence-electron chi connectivity index (χ1n) is 7.54. The molecule has 0 unspecified atom stereocenters. The minimum atomic E-state index is 0.0514. The maximum absolute atomic E-state index is 11.8. The summed E-state index contributed by atoms with van der Waals surface area (Å²) in [4.78, 5) is 20.3.